The molecule has 1 aliphatic carbocycles. The van der Waals surface area contributed by atoms with Gasteiger partial charge in [-0.3, -0.25) is 14.6 Å². The third kappa shape index (κ3) is 2.33. The van der Waals surface area contributed by atoms with E-state index in [0.29, 0.717) is 11.7 Å². The lowest BCUT2D eigenvalue weighted by atomic mass is 9.93. The number of carbonyl (C=O) groups is 1. The van der Waals surface area contributed by atoms with E-state index in [1.54, 1.807) is 12.3 Å². The van der Waals surface area contributed by atoms with Gasteiger partial charge in [0.25, 0.3) is 5.91 Å². The van der Waals surface area contributed by atoms with Gasteiger partial charge >= 0.3 is 0 Å². The molecule has 6 nitrogen and oxygen atoms in total. The minimum Gasteiger partial charge on any atom is -0.342 e. The maximum Gasteiger partial charge on any atom is 0.269 e. The molecule has 0 saturated heterocycles. The van der Waals surface area contributed by atoms with E-state index in [1.807, 2.05) is 4.68 Å². The van der Waals surface area contributed by atoms with Crippen molar-refractivity contribution >= 4 is 5.91 Å². The lowest BCUT2D eigenvalue weighted by Crippen LogP contribution is -2.31. The van der Waals surface area contributed by atoms with Crippen LogP contribution in [0.15, 0.2) is 18.5 Å². The molecule has 106 valence electrons. The minimum atomic E-state index is -0.126. The van der Waals surface area contributed by atoms with Gasteiger partial charge in [-0.2, -0.15) is 10.2 Å². The Bertz CT molecular complexity index is 599. The van der Waals surface area contributed by atoms with Gasteiger partial charge in [0.05, 0.1) is 11.7 Å². The highest BCUT2D eigenvalue weighted by Gasteiger charge is 2.26. The maximum absolute atomic E-state index is 12.1. The molecule has 0 unspecified atom stereocenters. The highest BCUT2D eigenvalue weighted by atomic mass is 16.2. The largest absolute Gasteiger partial charge is 0.342 e. The zero-order chi connectivity index (χ0) is 14.1. The van der Waals surface area contributed by atoms with E-state index >= 15 is 0 Å². The van der Waals surface area contributed by atoms with Crippen molar-refractivity contribution in [2.24, 2.45) is 0 Å². The van der Waals surface area contributed by atoms with Crippen LogP contribution in [-0.2, 0) is 6.42 Å². The number of hydrogen-bond acceptors (Lipinski definition) is 3. The smallest absolute Gasteiger partial charge is 0.269 e. The molecule has 20 heavy (non-hydrogen) atoms. The molecule has 2 N–H and O–H groups in total. The molecule has 0 fully saturated rings. The molecule has 1 aliphatic rings. The average molecular weight is 273 g/mol. The summed E-state index contributed by atoms with van der Waals surface area (Å²) in [6, 6.07) is 2.00. The number of H-pyrrole nitrogens is 1. The zero-order valence-corrected chi connectivity index (χ0v) is 11.8. The van der Waals surface area contributed by atoms with Crippen molar-refractivity contribution in [1.29, 1.82) is 0 Å². The number of amides is 1. The number of nitrogens with one attached hydrogen (secondary N) is 2. The number of aromatic nitrogens is 4. The van der Waals surface area contributed by atoms with Gasteiger partial charge in [-0.15, -0.1) is 0 Å². The first kappa shape index (κ1) is 12.9. The molecule has 2 heterocycles. The molecule has 0 saturated carbocycles. The van der Waals surface area contributed by atoms with Gasteiger partial charge in [0.1, 0.15) is 5.69 Å². The number of hydrogen-bond donors (Lipinski definition) is 2. The van der Waals surface area contributed by atoms with Crippen LogP contribution in [0.1, 0.15) is 60.5 Å². The standard InChI is InChI=1S/C14H19N5O/c1-9(2)19-8-10-4-3-5-11(13(10)18-19)16-14(20)12-6-7-15-17-12/h6-9,11H,3-5H2,1-2H3,(H,15,17)(H,16,20)/t11-/m0/s1. The molecule has 2 aromatic rings. The molecule has 0 bridgehead atoms. The second kappa shape index (κ2) is 5.11. The Kier molecular flexibility index (Phi) is 3.30. The molecule has 0 aliphatic heterocycles. The topological polar surface area (TPSA) is 75.6 Å². The van der Waals surface area contributed by atoms with Crippen LogP contribution < -0.4 is 5.32 Å². The third-order valence-corrected chi connectivity index (χ3v) is 3.69. The number of aromatic amines is 1. The van der Waals surface area contributed by atoms with E-state index in [9.17, 15) is 4.79 Å². The molecule has 1 amide bonds. The number of rotatable bonds is 3. The Morgan fingerprint density at radius 2 is 2.40 bits per heavy atom. The average Bonchev–Trinajstić information content (AvgIpc) is 3.08. The first-order valence-corrected chi connectivity index (χ1v) is 7.03. The molecule has 0 radical (unpaired) electrons. The van der Waals surface area contributed by atoms with Gasteiger partial charge in [0.2, 0.25) is 0 Å². The lowest BCUT2D eigenvalue weighted by molar-refractivity contribution is 0.0926. The molecule has 1 atom stereocenters. The van der Waals surface area contributed by atoms with Gasteiger partial charge in [-0.05, 0) is 44.7 Å². The van der Waals surface area contributed by atoms with Crippen molar-refractivity contribution in [3.05, 3.63) is 35.4 Å². The molecular formula is C14H19N5O. The van der Waals surface area contributed by atoms with Crippen molar-refractivity contribution in [3.63, 3.8) is 0 Å². The SMILES string of the molecule is CC(C)n1cc2c(n1)[C@@H](NC(=O)c1ccn[nH]1)CCC2. The van der Waals surface area contributed by atoms with E-state index in [4.69, 9.17) is 0 Å². The number of nitrogens with zero attached hydrogens (tertiary/aromatic N) is 3. The summed E-state index contributed by atoms with van der Waals surface area (Å²) < 4.78 is 1.98. The summed E-state index contributed by atoms with van der Waals surface area (Å²) in [7, 11) is 0. The summed E-state index contributed by atoms with van der Waals surface area (Å²) in [6.07, 6.45) is 6.73. The van der Waals surface area contributed by atoms with Crippen LogP contribution in [0.4, 0.5) is 0 Å². The monoisotopic (exact) mass is 273 g/mol. The number of aryl methyl sites for hydroxylation is 1. The van der Waals surface area contributed by atoms with Crippen LogP contribution in [-0.4, -0.2) is 25.9 Å². The normalized spacial score (nSPS) is 18.1. The summed E-state index contributed by atoms with van der Waals surface area (Å²) in [4.78, 5) is 12.1. The van der Waals surface area contributed by atoms with E-state index in [-0.39, 0.29) is 11.9 Å². The van der Waals surface area contributed by atoms with Crippen LogP contribution in [0.3, 0.4) is 0 Å². The Hall–Kier alpha value is -2.11. The predicted molar refractivity (Wildman–Crippen MR) is 74.3 cm³/mol. The van der Waals surface area contributed by atoms with E-state index < -0.39 is 0 Å². The van der Waals surface area contributed by atoms with Gasteiger partial charge < -0.3 is 5.32 Å². The van der Waals surface area contributed by atoms with E-state index in [1.165, 1.54) is 5.56 Å². The molecule has 3 rings (SSSR count). The van der Waals surface area contributed by atoms with Crippen LogP contribution in [0.25, 0.3) is 0 Å². The first-order chi connectivity index (χ1) is 9.65. The van der Waals surface area contributed by atoms with E-state index in [2.05, 4.69) is 40.7 Å². The van der Waals surface area contributed by atoms with Crippen molar-refractivity contribution in [3.8, 4) is 0 Å². The van der Waals surface area contributed by atoms with Crippen molar-refractivity contribution in [1.82, 2.24) is 25.3 Å². The Morgan fingerprint density at radius 1 is 1.55 bits per heavy atom. The fourth-order valence-corrected chi connectivity index (χ4v) is 2.59. The highest BCUT2D eigenvalue weighted by molar-refractivity contribution is 5.92. The second-order valence-corrected chi connectivity index (χ2v) is 5.50. The van der Waals surface area contributed by atoms with Crippen LogP contribution in [0, 0.1) is 0 Å². The highest BCUT2D eigenvalue weighted by Crippen LogP contribution is 2.29. The number of fused-ring (bicyclic) bond motifs is 1. The van der Waals surface area contributed by atoms with Gasteiger partial charge in [-0.25, -0.2) is 0 Å². The third-order valence-electron chi connectivity index (χ3n) is 3.69. The molecular weight excluding hydrogens is 254 g/mol. The van der Waals surface area contributed by atoms with Crippen molar-refractivity contribution in [2.75, 3.05) is 0 Å². The van der Waals surface area contributed by atoms with Gasteiger partial charge in [0.15, 0.2) is 0 Å². The predicted octanol–water partition coefficient (Wildman–Crippen LogP) is 1.99. The summed E-state index contributed by atoms with van der Waals surface area (Å²) in [5.74, 6) is -0.126. The molecule has 0 spiro atoms. The Labute approximate surface area is 117 Å². The summed E-state index contributed by atoms with van der Waals surface area (Å²) in [6.45, 7) is 4.22. The summed E-state index contributed by atoms with van der Waals surface area (Å²) >= 11 is 0. The second-order valence-electron chi connectivity index (χ2n) is 5.50. The first-order valence-electron chi connectivity index (χ1n) is 7.03. The van der Waals surface area contributed by atoms with Crippen molar-refractivity contribution in [2.45, 2.75) is 45.2 Å². The van der Waals surface area contributed by atoms with Gasteiger partial charge in [0, 0.05) is 18.4 Å². The van der Waals surface area contributed by atoms with Crippen molar-refractivity contribution < 1.29 is 4.79 Å². The van der Waals surface area contributed by atoms with Crippen LogP contribution in [0.2, 0.25) is 0 Å². The number of carbonyl (C=O) groups excluding carboxylic acids is 1. The fraction of sp³-hybridized carbons (Fsp3) is 0.500. The quantitative estimate of drug-likeness (QED) is 0.898. The zero-order valence-electron chi connectivity index (χ0n) is 11.8. The molecule has 6 heteroatoms. The summed E-state index contributed by atoms with van der Waals surface area (Å²) in [5.41, 5.74) is 2.75. The lowest BCUT2D eigenvalue weighted by Gasteiger charge is -2.21. The van der Waals surface area contributed by atoms with Crippen LogP contribution >= 0.6 is 0 Å². The van der Waals surface area contributed by atoms with Gasteiger partial charge in [-0.1, -0.05) is 0 Å². The Morgan fingerprint density at radius 3 is 3.10 bits per heavy atom. The van der Waals surface area contributed by atoms with Crippen LogP contribution in [0.5, 0.6) is 0 Å². The molecule has 2 aromatic heterocycles. The fourth-order valence-electron chi connectivity index (χ4n) is 2.59. The van der Waals surface area contributed by atoms with E-state index in [0.717, 1.165) is 25.0 Å². The molecule has 0 aromatic carbocycles. The maximum atomic E-state index is 12.1. The minimum absolute atomic E-state index is 0.00505. The summed E-state index contributed by atoms with van der Waals surface area (Å²) in [5, 5.41) is 14.2. The Balaban J connectivity index is 1.81.